The van der Waals surface area contributed by atoms with Crippen LogP contribution < -0.4 is 4.74 Å². The number of benzene rings is 1. The van der Waals surface area contributed by atoms with E-state index >= 15 is 0 Å². The Morgan fingerprint density at radius 1 is 1.44 bits per heavy atom. The van der Waals surface area contributed by atoms with Crippen LogP contribution in [0.15, 0.2) is 16.6 Å². The third-order valence-electron chi connectivity index (χ3n) is 2.14. The van der Waals surface area contributed by atoms with Gasteiger partial charge in [-0.2, -0.15) is 0 Å². The first kappa shape index (κ1) is 13.6. The molecule has 0 fully saturated rings. The first-order valence-electron chi connectivity index (χ1n) is 4.49. The zero-order chi connectivity index (χ0) is 12.3. The SMILES string of the molecule is COc1cc(Br)c(C(O)C(O)CCl)cc1O. The molecule has 6 heteroatoms. The number of methoxy groups -OCH3 is 1. The maximum absolute atomic E-state index is 9.74. The van der Waals surface area contributed by atoms with Crippen LogP contribution in [0.25, 0.3) is 0 Å². The number of alkyl halides is 1. The molecule has 0 aromatic heterocycles. The van der Waals surface area contributed by atoms with Gasteiger partial charge in [0, 0.05) is 10.0 Å². The zero-order valence-corrected chi connectivity index (χ0v) is 10.9. The molecule has 90 valence electrons. The molecule has 0 aliphatic heterocycles. The van der Waals surface area contributed by atoms with E-state index in [0.29, 0.717) is 10.0 Å². The van der Waals surface area contributed by atoms with Crippen molar-refractivity contribution in [2.45, 2.75) is 12.2 Å². The topological polar surface area (TPSA) is 69.9 Å². The molecule has 0 amide bonds. The minimum Gasteiger partial charge on any atom is -0.504 e. The van der Waals surface area contributed by atoms with Crippen LogP contribution >= 0.6 is 27.5 Å². The number of rotatable bonds is 4. The van der Waals surface area contributed by atoms with Crippen molar-refractivity contribution in [1.82, 2.24) is 0 Å². The molecule has 0 radical (unpaired) electrons. The summed E-state index contributed by atoms with van der Waals surface area (Å²) in [6.45, 7) is 0. The summed E-state index contributed by atoms with van der Waals surface area (Å²) in [6.07, 6.45) is -2.26. The van der Waals surface area contributed by atoms with Crippen LogP contribution in [0.3, 0.4) is 0 Å². The number of halogens is 2. The van der Waals surface area contributed by atoms with Gasteiger partial charge in [0.25, 0.3) is 0 Å². The number of ether oxygens (including phenoxy) is 1. The smallest absolute Gasteiger partial charge is 0.161 e. The van der Waals surface area contributed by atoms with E-state index in [1.54, 1.807) is 0 Å². The molecular weight excluding hydrogens is 299 g/mol. The highest BCUT2D eigenvalue weighted by molar-refractivity contribution is 9.10. The third kappa shape index (κ3) is 2.79. The molecule has 0 saturated carbocycles. The molecule has 0 bridgehead atoms. The van der Waals surface area contributed by atoms with E-state index in [2.05, 4.69) is 15.9 Å². The van der Waals surface area contributed by atoms with Crippen LogP contribution in [-0.2, 0) is 0 Å². The molecule has 3 N–H and O–H groups in total. The molecule has 2 atom stereocenters. The van der Waals surface area contributed by atoms with Crippen LogP contribution in [0.5, 0.6) is 11.5 Å². The lowest BCUT2D eigenvalue weighted by atomic mass is 10.0. The molecule has 2 unspecified atom stereocenters. The average Bonchev–Trinajstić information content (AvgIpc) is 2.29. The highest BCUT2D eigenvalue weighted by Crippen LogP contribution is 2.36. The second-order valence-electron chi connectivity index (χ2n) is 3.21. The van der Waals surface area contributed by atoms with Crippen LogP contribution in [0.1, 0.15) is 11.7 Å². The summed E-state index contributed by atoms with van der Waals surface area (Å²) in [4.78, 5) is 0. The first-order chi connectivity index (χ1) is 7.51. The number of hydrogen-bond acceptors (Lipinski definition) is 4. The molecule has 0 aliphatic rings. The number of aliphatic hydroxyl groups is 2. The maximum Gasteiger partial charge on any atom is 0.161 e. The Morgan fingerprint density at radius 2 is 2.06 bits per heavy atom. The largest absolute Gasteiger partial charge is 0.504 e. The third-order valence-corrected chi connectivity index (χ3v) is 3.14. The molecule has 1 rings (SSSR count). The normalized spacial score (nSPS) is 14.6. The number of phenolic OH excluding ortho intramolecular Hbond substituents is 1. The van der Waals surface area contributed by atoms with Crippen molar-refractivity contribution in [3.8, 4) is 11.5 Å². The van der Waals surface area contributed by atoms with Gasteiger partial charge in [-0.1, -0.05) is 15.9 Å². The van der Waals surface area contributed by atoms with Crippen molar-refractivity contribution in [3.05, 3.63) is 22.2 Å². The van der Waals surface area contributed by atoms with Crippen molar-refractivity contribution in [3.63, 3.8) is 0 Å². The Morgan fingerprint density at radius 3 is 2.56 bits per heavy atom. The monoisotopic (exact) mass is 310 g/mol. The number of aromatic hydroxyl groups is 1. The highest BCUT2D eigenvalue weighted by atomic mass is 79.9. The second kappa shape index (κ2) is 5.72. The Hall–Kier alpha value is -0.490. The van der Waals surface area contributed by atoms with E-state index in [-0.39, 0.29) is 17.4 Å². The summed E-state index contributed by atoms with van der Waals surface area (Å²) >= 11 is 8.65. The van der Waals surface area contributed by atoms with Gasteiger partial charge in [-0.25, -0.2) is 0 Å². The van der Waals surface area contributed by atoms with Crippen molar-refractivity contribution in [2.24, 2.45) is 0 Å². The van der Waals surface area contributed by atoms with E-state index < -0.39 is 12.2 Å². The van der Waals surface area contributed by atoms with E-state index in [0.717, 1.165) is 0 Å². The lowest BCUT2D eigenvalue weighted by molar-refractivity contribution is 0.0321. The molecule has 1 aromatic rings. The fourth-order valence-corrected chi connectivity index (χ4v) is 1.97. The predicted molar refractivity (Wildman–Crippen MR) is 64.0 cm³/mol. The van der Waals surface area contributed by atoms with Gasteiger partial charge in [-0.3, -0.25) is 0 Å². The van der Waals surface area contributed by atoms with Crippen LogP contribution in [0, 0.1) is 0 Å². The molecule has 0 spiro atoms. The van der Waals surface area contributed by atoms with E-state index in [1.807, 2.05) is 0 Å². The Kier molecular flexibility index (Phi) is 4.86. The van der Waals surface area contributed by atoms with Crippen molar-refractivity contribution in [2.75, 3.05) is 13.0 Å². The van der Waals surface area contributed by atoms with Crippen molar-refractivity contribution in [1.29, 1.82) is 0 Å². The summed E-state index contributed by atoms with van der Waals surface area (Å²) in [5.41, 5.74) is 0.353. The van der Waals surface area contributed by atoms with E-state index in [4.69, 9.17) is 16.3 Å². The molecule has 4 nitrogen and oxygen atoms in total. The second-order valence-corrected chi connectivity index (χ2v) is 4.38. The number of aliphatic hydroxyl groups excluding tert-OH is 2. The van der Waals surface area contributed by atoms with Gasteiger partial charge in [0.15, 0.2) is 11.5 Å². The van der Waals surface area contributed by atoms with E-state index in [9.17, 15) is 15.3 Å². The lowest BCUT2D eigenvalue weighted by Crippen LogP contribution is -2.20. The summed E-state index contributed by atoms with van der Waals surface area (Å²) in [7, 11) is 1.42. The van der Waals surface area contributed by atoms with Gasteiger partial charge < -0.3 is 20.1 Å². The molecule has 0 heterocycles. The zero-order valence-electron chi connectivity index (χ0n) is 8.52. The summed E-state index contributed by atoms with van der Waals surface area (Å²) in [6, 6.07) is 2.83. The minimum absolute atomic E-state index is 0.0968. The van der Waals surface area contributed by atoms with Crippen LogP contribution in [0.4, 0.5) is 0 Å². The van der Waals surface area contributed by atoms with Gasteiger partial charge in [0.1, 0.15) is 6.10 Å². The number of hydrogen-bond donors (Lipinski definition) is 3. The molecule has 1 aromatic carbocycles. The molecule has 16 heavy (non-hydrogen) atoms. The number of phenols is 1. The van der Waals surface area contributed by atoms with Crippen LogP contribution in [0.2, 0.25) is 0 Å². The molecular formula is C10H12BrClO4. The predicted octanol–water partition coefficient (Wildman–Crippen LogP) is 1.80. The Bertz CT molecular complexity index is 372. The van der Waals surface area contributed by atoms with Gasteiger partial charge in [-0.05, 0) is 12.1 Å². The quantitative estimate of drug-likeness (QED) is 0.742. The fourth-order valence-electron chi connectivity index (χ4n) is 1.24. The fraction of sp³-hybridized carbons (Fsp3) is 0.400. The molecule has 0 aliphatic carbocycles. The average molecular weight is 312 g/mol. The van der Waals surface area contributed by atoms with E-state index in [1.165, 1.54) is 19.2 Å². The van der Waals surface area contributed by atoms with Gasteiger partial charge in [0.2, 0.25) is 0 Å². The maximum atomic E-state index is 9.74. The van der Waals surface area contributed by atoms with Crippen molar-refractivity contribution >= 4 is 27.5 Å². The van der Waals surface area contributed by atoms with Crippen LogP contribution in [-0.4, -0.2) is 34.4 Å². The minimum atomic E-state index is -1.16. The Labute approximate surface area is 107 Å². The lowest BCUT2D eigenvalue weighted by Gasteiger charge is -2.18. The van der Waals surface area contributed by atoms with Gasteiger partial charge in [-0.15, -0.1) is 11.6 Å². The first-order valence-corrected chi connectivity index (χ1v) is 5.82. The van der Waals surface area contributed by atoms with Gasteiger partial charge >= 0.3 is 0 Å². The summed E-state index contributed by atoms with van der Waals surface area (Å²) < 4.78 is 5.42. The summed E-state index contributed by atoms with van der Waals surface area (Å²) in [5, 5.41) is 28.7. The Balaban J connectivity index is 3.10. The van der Waals surface area contributed by atoms with Crippen molar-refractivity contribution < 1.29 is 20.1 Å². The molecule has 0 saturated heterocycles. The standard InChI is InChI=1S/C10H12BrClO4/c1-16-9-3-6(11)5(2-7(9)13)10(15)8(14)4-12/h2-3,8,10,13-15H,4H2,1H3. The van der Waals surface area contributed by atoms with Gasteiger partial charge in [0.05, 0.1) is 19.1 Å². The highest BCUT2D eigenvalue weighted by Gasteiger charge is 2.21. The summed E-state index contributed by atoms with van der Waals surface area (Å²) in [5.74, 6) is 0.0742.